The Bertz CT molecular complexity index is 338. The first-order valence-corrected chi connectivity index (χ1v) is 8.83. The monoisotopic (exact) mass is 260 g/mol. The second kappa shape index (κ2) is 4.21. The van der Waals surface area contributed by atoms with Crippen LogP contribution in [0, 0.1) is 29.6 Å². The van der Waals surface area contributed by atoms with Crippen molar-refractivity contribution in [2.75, 3.05) is 19.6 Å². The van der Waals surface area contributed by atoms with Crippen LogP contribution in [0.1, 0.15) is 44.9 Å². The minimum absolute atomic E-state index is 0.862. The topological polar surface area (TPSA) is 15.3 Å². The first-order chi connectivity index (χ1) is 9.35. The Labute approximate surface area is 117 Å². The van der Waals surface area contributed by atoms with Crippen LogP contribution in [0.2, 0.25) is 0 Å². The fourth-order valence-electron chi connectivity index (χ4n) is 6.62. The molecule has 2 nitrogen and oxygen atoms in total. The Morgan fingerprint density at radius 1 is 0.737 bits per heavy atom. The Kier molecular flexibility index (Phi) is 2.56. The molecule has 19 heavy (non-hydrogen) atoms. The molecule has 2 heterocycles. The zero-order chi connectivity index (χ0) is 12.4. The van der Waals surface area contributed by atoms with Crippen LogP contribution in [-0.4, -0.2) is 36.6 Å². The molecule has 0 radical (unpaired) electrons. The molecule has 3 unspecified atom stereocenters. The van der Waals surface area contributed by atoms with Crippen molar-refractivity contribution < 1.29 is 0 Å². The van der Waals surface area contributed by atoms with Crippen molar-refractivity contribution in [3.8, 4) is 0 Å². The Morgan fingerprint density at radius 2 is 1.42 bits per heavy atom. The summed E-state index contributed by atoms with van der Waals surface area (Å²) in [7, 11) is 0. The van der Waals surface area contributed by atoms with Crippen molar-refractivity contribution >= 4 is 0 Å². The van der Waals surface area contributed by atoms with Crippen LogP contribution in [0.3, 0.4) is 0 Å². The normalized spacial score (nSPS) is 58.7. The molecule has 1 N–H and O–H groups in total. The van der Waals surface area contributed by atoms with E-state index >= 15 is 0 Å². The molecule has 0 aromatic carbocycles. The molecule has 0 spiro atoms. The van der Waals surface area contributed by atoms with E-state index < -0.39 is 0 Å². The van der Waals surface area contributed by atoms with Gasteiger partial charge in [-0.2, -0.15) is 0 Å². The summed E-state index contributed by atoms with van der Waals surface area (Å²) in [6, 6.07) is 1.77. The average Bonchev–Trinajstić information content (AvgIpc) is 2.78. The molecule has 6 rings (SSSR count). The van der Waals surface area contributed by atoms with Gasteiger partial charge in [-0.1, -0.05) is 0 Å². The predicted molar refractivity (Wildman–Crippen MR) is 76.9 cm³/mol. The number of nitrogens with one attached hydrogen (secondary N) is 1. The third kappa shape index (κ3) is 1.82. The summed E-state index contributed by atoms with van der Waals surface area (Å²) in [6.45, 7) is 4.14. The molecular formula is C17H28N2. The van der Waals surface area contributed by atoms with Crippen LogP contribution in [0.5, 0.6) is 0 Å². The number of hydrogen-bond acceptors (Lipinski definition) is 2. The molecule has 6 aliphatic rings. The molecular weight excluding hydrogens is 232 g/mol. The van der Waals surface area contributed by atoms with Gasteiger partial charge in [0.2, 0.25) is 0 Å². The van der Waals surface area contributed by atoms with Crippen LogP contribution < -0.4 is 5.32 Å². The zero-order valence-corrected chi connectivity index (χ0v) is 12.1. The van der Waals surface area contributed by atoms with Crippen LogP contribution in [0.15, 0.2) is 0 Å². The Hall–Kier alpha value is -0.0800. The first-order valence-electron chi connectivity index (χ1n) is 8.83. The lowest BCUT2D eigenvalue weighted by Gasteiger charge is -2.55. The molecule has 2 saturated heterocycles. The molecule has 6 fully saturated rings. The van der Waals surface area contributed by atoms with Gasteiger partial charge in [-0.25, -0.2) is 0 Å². The van der Waals surface area contributed by atoms with Gasteiger partial charge in [-0.05, 0) is 87.6 Å². The summed E-state index contributed by atoms with van der Waals surface area (Å²) >= 11 is 0. The van der Waals surface area contributed by atoms with Gasteiger partial charge in [-0.3, -0.25) is 0 Å². The van der Waals surface area contributed by atoms with Crippen molar-refractivity contribution in [3.63, 3.8) is 0 Å². The van der Waals surface area contributed by atoms with Crippen LogP contribution >= 0.6 is 0 Å². The Balaban J connectivity index is 1.31. The Morgan fingerprint density at radius 3 is 2.16 bits per heavy atom. The average molecular weight is 260 g/mol. The van der Waals surface area contributed by atoms with E-state index in [0.717, 1.165) is 41.7 Å². The van der Waals surface area contributed by atoms with E-state index in [9.17, 15) is 0 Å². The summed E-state index contributed by atoms with van der Waals surface area (Å²) in [5.41, 5.74) is 0. The van der Waals surface area contributed by atoms with Crippen molar-refractivity contribution in [2.24, 2.45) is 29.6 Å². The van der Waals surface area contributed by atoms with Crippen LogP contribution in [0.25, 0.3) is 0 Å². The second-order valence-corrected chi connectivity index (χ2v) is 8.37. The van der Waals surface area contributed by atoms with Gasteiger partial charge in [0.15, 0.2) is 0 Å². The summed E-state index contributed by atoms with van der Waals surface area (Å²) in [5.74, 6) is 5.32. The highest BCUT2D eigenvalue weighted by Gasteiger charge is 2.49. The van der Waals surface area contributed by atoms with E-state index in [4.69, 9.17) is 0 Å². The molecule has 2 heteroatoms. The predicted octanol–water partition coefficient (Wildman–Crippen LogP) is 2.49. The van der Waals surface area contributed by atoms with Crippen LogP contribution in [-0.2, 0) is 0 Å². The lowest BCUT2D eigenvalue weighted by Crippen LogP contribution is -2.59. The third-order valence-electron chi connectivity index (χ3n) is 7.27. The number of hydrogen-bond donors (Lipinski definition) is 1. The smallest absolute Gasteiger partial charge is 0.0127 e. The SMILES string of the molecule is C1C2CC3CC1CC(C2)C3NC1CCN2CCC1C2. The number of piperidine rings is 1. The van der Waals surface area contributed by atoms with Crippen molar-refractivity contribution in [1.82, 2.24) is 10.2 Å². The zero-order valence-electron chi connectivity index (χ0n) is 12.1. The highest BCUT2D eigenvalue weighted by atomic mass is 15.2. The number of fused-ring (bicyclic) bond motifs is 2. The molecule has 0 aromatic heterocycles. The fraction of sp³-hybridized carbons (Fsp3) is 1.00. The summed E-state index contributed by atoms with van der Waals surface area (Å²) in [6.07, 6.45) is 10.7. The molecule has 2 aliphatic heterocycles. The standard InChI is InChI=1S/C17H28N2/c1-3-19-4-2-16(13(1)10-19)18-17-14-6-11-5-12(8-14)9-15(17)7-11/h11-18H,1-10H2. The van der Waals surface area contributed by atoms with E-state index in [0.29, 0.717) is 0 Å². The maximum atomic E-state index is 4.20. The summed E-state index contributed by atoms with van der Waals surface area (Å²) < 4.78 is 0. The third-order valence-corrected chi connectivity index (χ3v) is 7.27. The summed E-state index contributed by atoms with van der Waals surface area (Å²) in [5, 5.41) is 4.20. The van der Waals surface area contributed by atoms with Gasteiger partial charge in [0.05, 0.1) is 0 Å². The van der Waals surface area contributed by atoms with Gasteiger partial charge < -0.3 is 10.2 Å². The van der Waals surface area contributed by atoms with E-state index in [1.807, 2.05) is 0 Å². The van der Waals surface area contributed by atoms with Gasteiger partial charge in [0.25, 0.3) is 0 Å². The van der Waals surface area contributed by atoms with E-state index in [1.54, 1.807) is 32.1 Å². The van der Waals surface area contributed by atoms with Gasteiger partial charge in [-0.15, -0.1) is 0 Å². The highest BCUT2D eigenvalue weighted by molar-refractivity contribution is 5.03. The van der Waals surface area contributed by atoms with Crippen LogP contribution in [0.4, 0.5) is 0 Å². The maximum absolute atomic E-state index is 4.20. The van der Waals surface area contributed by atoms with Gasteiger partial charge in [0.1, 0.15) is 0 Å². The largest absolute Gasteiger partial charge is 0.310 e. The molecule has 0 amide bonds. The molecule has 6 bridgehead atoms. The highest BCUT2D eigenvalue weighted by Crippen LogP contribution is 2.54. The quantitative estimate of drug-likeness (QED) is 0.820. The number of rotatable bonds is 2. The van der Waals surface area contributed by atoms with E-state index in [1.165, 1.54) is 32.5 Å². The molecule has 4 saturated carbocycles. The molecule has 106 valence electrons. The molecule has 3 atom stereocenters. The first kappa shape index (κ1) is 11.6. The lowest BCUT2D eigenvalue weighted by atomic mass is 9.54. The lowest BCUT2D eigenvalue weighted by molar-refractivity contribution is -0.0220. The van der Waals surface area contributed by atoms with Crippen molar-refractivity contribution in [2.45, 2.75) is 57.0 Å². The van der Waals surface area contributed by atoms with E-state index in [-0.39, 0.29) is 0 Å². The van der Waals surface area contributed by atoms with Gasteiger partial charge >= 0.3 is 0 Å². The van der Waals surface area contributed by atoms with Crippen molar-refractivity contribution in [1.29, 1.82) is 0 Å². The fourth-order valence-corrected chi connectivity index (χ4v) is 6.62. The maximum Gasteiger partial charge on any atom is 0.0127 e. The van der Waals surface area contributed by atoms with Crippen molar-refractivity contribution in [3.05, 3.63) is 0 Å². The van der Waals surface area contributed by atoms with Gasteiger partial charge in [0, 0.05) is 18.6 Å². The minimum Gasteiger partial charge on any atom is -0.310 e. The minimum atomic E-state index is 0.862. The molecule has 4 aliphatic carbocycles. The summed E-state index contributed by atoms with van der Waals surface area (Å²) in [4.78, 5) is 2.68. The second-order valence-electron chi connectivity index (χ2n) is 8.37. The molecule has 0 aromatic rings. The van der Waals surface area contributed by atoms with E-state index in [2.05, 4.69) is 10.2 Å². The number of nitrogens with zero attached hydrogens (tertiary/aromatic N) is 1.